The SMILES string of the molecule is CCCCCNc1nc2c(C)cccn2c(=O)c1C=C1SC(=S)N(CCCOCC)C1=O. The predicted molar refractivity (Wildman–Crippen MR) is 135 cm³/mol. The summed E-state index contributed by atoms with van der Waals surface area (Å²) in [6, 6.07) is 3.75. The highest BCUT2D eigenvalue weighted by Gasteiger charge is 2.32. The maximum absolute atomic E-state index is 13.3. The third-order valence-corrected chi connectivity index (χ3v) is 6.56. The lowest BCUT2D eigenvalue weighted by Crippen LogP contribution is -2.29. The number of thioether (sulfide) groups is 1. The van der Waals surface area contributed by atoms with Crippen molar-refractivity contribution in [2.45, 2.75) is 46.5 Å². The molecule has 0 saturated carbocycles. The molecule has 3 rings (SSSR count). The number of fused-ring (bicyclic) bond motifs is 1. The van der Waals surface area contributed by atoms with Gasteiger partial charge in [-0.15, -0.1) is 0 Å². The Morgan fingerprint density at radius 1 is 1.25 bits per heavy atom. The van der Waals surface area contributed by atoms with Crippen molar-refractivity contribution in [1.29, 1.82) is 0 Å². The van der Waals surface area contributed by atoms with E-state index in [-0.39, 0.29) is 11.5 Å². The number of hydrogen-bond acceptors (Lipinski definition) is 7. The van der Waals surface area contributed by atoms with Gasteiger partial charge in [-0.3, -0.25) is 18.9 Å². The Bertz CT molecular complexity index is 1080. The van der Waals surface area contributed by atoms with Gasteiger partial charge in [0, 0.05) is 32.5 Å². The third kappa shape index (κ3) is 5.57. The van der Waals surface area contributed by atoms with Crippen LogP contribution in [0.1, 0.15) is 50.7 Å². The molecular weight excluding hydrogens is 444 g/mol. The first-order valence-electron chi connectivity index (χ1n) is 11.1. The van der Waals surface area contributed by atoms with E-state index in [0.717, 1.165) is 24.8 Å². The van der Waals surface area contributed by atoms with E-state index < -0.39 is 0 Å². The summed E-state index contributed by atoms with van der Waals surface area (Å²) >= 11 is 6.64. The highest BCUT2D eigenvalue weighted by Crippen LogP contribution is 2.33. The van der Waals surface area contributed by atoms with Crippen molar-refractivity contribution in [3.63, 3.8) is 0 Å². The van der Waals surface area contributed by atoms with Crippen LogP contribution in [0.3, 0.4) is 0 Å². The number of ether oxygens (including phenoxy) is 1. The summed E-state index contributed by atoms with van der Waals surface area (Å²) in [5.74, 6) is 0.323. The number of amides is 1. The number of nitrogens with one attached hydrogen (secondary N) is 1. The fraction of sp³-hybridized carbons (Fsp3) is 0.478. The van der Waals surface area contributed by atoms with Gasteiger partial charge >= 0.3 is 0 Å². The van der Waals surface area contributed by atoms with Gasteiger partial charge in [0.25, 0.3) is 11.5 Å². The highest BCUT2D eigenvalue weighted by molar-refractivity contribution is 8.26. The van der Waals surface area contributed by atoms with Crippen LogP contribution in [0.15, 0.2) is 28.0 Å². The van der Waals surface area contributed by atoms with Crippen LogP contribution in [0, 0.1) is 6.92 Å². The minimum Gasteiger partial charge on any atom is -0.382 e. The molecule has 2 aromatic heterocycles. The molecule has 0 atom stereocenters. The number of anilines is 1. The largest absolute Gasteiger partial charge is 0.382 e. The molecule has 9 heteroatoms. The van der Waals surface area contributed by atoms with E-state index in [1.807, 2.05) is 26.0 Å². The van der Waals surface area contributed by atoms with Gasteiger partial charge < -0.3 is 10.1 Å². The first-order valence-corrected chi connectivity index (χ1v) is 12.3. The fourth-order valence-electron chi connectivity index (χ4n) is 3.45. The van der Waals surface area contributed by atoms with Crippen LogP contribution in [0.4, 0.5) is 5.82 Å². The average molecular weight is 475 g/mol. The highest BCUT2D eigenvalue weighted by atomic mass is 32.2. The quantitative estimate of drug-likeness (QED) is 0.297. The van der Waals surface area contributed by atoms with Gasteiger partial charge in [0.1, 0.15) is 15.8 Å². The number of unbranched alkanes of at least 4 members (excludes halogenated alkanes) is 2. The smallest absolute Gasteiger partial charge is 0.267 e. The van der Waals surface area contributed by atoms with Gasteiger partial charge in [-0.25, -0.2) is 4.98 Å². The first-order chi connectivity index (χ1) is 15.5. The average Bonchev–Trinajstić information content (AvgIpc) is 3.04. The van der Waals surface area contributed by atoms with Gasteiger partial charge in [-0.05, 0) is 44.4 Å². The molecule has 0 bridgehead atoms. The fourth-order valence-corrected chi connectivity index (χ4v) is 4.74. The molecular formula is C23H30N4O3S2. The molecule has 7 nitrogen and oxygen atoms in total. The zero-order chi connectivity index (χ0) is 23.1. The van der Waals surface area contributed by atoms with Crippen molar-refractivity contribution in [3.05, 3.63) is 44.7 Å². The molecule has 172 valence electrons. The van der Waals surface area contributed by atoms with Crippen LogP contribution < -0.4 is 10.9 Å². The predicted octanol–water partition coefficient (Wildman–Crippen LogP) is 4.23. The first kappa shape index (κ1) is 24.4. The molecule has 0 unspecified atom stereocenters. The van der Waals surface area contributed by atoms with Crippen molar-refractivity contribution in [3.8, 4) is 0 Å². The Kier molecular flexibility index (Phi) is 8.84. The molecule has 1 amide bonds. The summed E-state index contributed by atoms with van der Waals surface area (Å²) < 4.78 is 7.39. The van der Waals surface area contributed by atoms with Crippen molar-refractivity contribution in [2.75, 3.05) is 31.6 Å². The Morgan fingerprint density at radius 3 is 2.81 bits per heavy atom. The molecule has 1 aliphatic rings. The number of rotatable bonds is 11. The second-order valence-corrected chi connectivity index (χ2v) is 9.26. The van der Waals surface area contributed by atoms with E-state index in [9.17, 15) is 9.59 Å². The molecule has 2 aromatic rings. The standard InChI is InChI=1S/C23H30N4O3S2/c1-4-6-7-11-24-19-17(21(28)26-12-8-10-16(3)20(26)25-19)15-18-22(29)27(23(31)32-18)13-9-14-30-5-2/h8,10,12,15,24H,4-7,9,11,13-14H2,1-3H3. The summed E-state index contributed by atoms with van der Waals surface area (Å²) in [5, 5.41) is 3.32. The summed E-state index contributed by atoms with van der Waals surface area (Å²) in [7, 11) is 0. The van der Waals surface area contributed by atoms with Crippen LogP contribution in [0.5, 0.6) is 0 Å². The second-order valence-electron chi connectivity index (χ2n) is 7.58. The van der Waals surface area contributed by atoms with Crippen molar-refractivity contribution >= 4 is 51.7 Å². The number of aryl methyl sites for hydroxylation is 1. The van der Waals surface area contributed by atoms with Gasteiger partial charge in [-0.1, -0.05) is 49.8 Å². The van der Waals surface area contributed by atoms with E-state index in [2.05, 4.69) is 12.2 Å². The van der Waals surface area contributed by atoms with Crippen LogP contribution in [-0.2, 0) is 9.53 Å². The van der Waals surface area contributed by atoms with Crippen LogP contribution in [-0.4, -0.2) is 50.8 Å². The number of aromatic nitrogens is 2. The number of pyridine rings is 1. The lowest BCUT2D eigenvalue weighted by atomic mass is 10.2. The van der Waals surface area contributed by atoms with Crippen LogP contribution in [0.25, 0.3) is 11.7 Å². The number of carbonyl (C=O) groups excluding carboxylic acids is 1. The van der Waals surface area contributed by atoms with Gasteiger partial charge in [0.2, 0.25) is 0 Å². The maximum Gasteiger partial charge on any atom is 0.267 e. The Hall–Kier alpha value is -2.23. The van der Waals surface area contributed by atoms with E-state index in [1.54, 1.807) is 17.2 Å². The van der Waals surface area contributed by atoms with Crippen molar-refractivity contribution in [1.82, 2.24) is 14.3 Å². The van der Waals surface area contributed by atoms with Gasteiger partial charge in [0.15, 0.2) is 0 Å². The van der Waals surface area contributed by atoms with Crippen LogP contribution >= 0.6 is 24.0 Å². The van der Waals surface area contributed by atoms with Crippen LogP contribution in [0.2, 0.25) is 0 Å². The summed E-state index contributed by atoms with van der Waals surface area (Å²) in [5.41, 5.74) is 1.68. The van der Waals surface area contributed by atoms with E-state index >= 15 is 0 Å². The number of thiocarbonyl (C=S) groups is 1. The third-order valence-electron chi connectivity index (χ3n) is 5.18. The minimum atomic E-state index is -0.210. The lowest BCUT2D eigenvalue weighted by Gasteiger charge is -2.14. The zero-order valence-corrected chi connectivity index (χ0v) is 20.5. The molecule has 1 saturated heterocycles. The molecule has 32 heavy (non-hydrogen) atoms. The summed E-state index contributed by atoms with van der Waals surface area (Å²) in [4.78, 5) is 33.1. The maximum atomic E-state index is 13.3. The Balaban J connectivity index is 1.95. The minimum absolute atomic E-state index is 0.179. The summed E-state index contributed by atoms with van der Waals surface area (Å²) in [6.45, 7) is 8.44. The van der Waals surface area contributed by atoms with Gasteiger partial charge in [-0.2, -0.15) is 0 Å². The van der Waals surface area contributed by atoms with Crippen molar-refractivity contribution < 1.29 is 9.53 Å². The Morgan fingerprint density at radius 2 is 2.06 bits per heavy atom. The molecule has 0 spiro atoms. The van der Waals surface area contributed by atoms with E-state index in [1.165, 1.54) is 16.2 Å². The molecule has 0 aliphatic carbocycles. The summed E-state index contributed by atoms with van der Waals surface area (Å²) in [6.07, 6.45) is 7.22. The molecule has 1 fully saturated rings. The topological polar surface area (TPSA) is 75.9 Å². The normalized spacial score (nSPS) is 15.3. The Labute approximate surface area is 198 Å². The number of carbonyl (C=O) groups is 1. The molecule has 1 N–H and O–H groups in total. The van der Waals surface area contributed by atoms with E-state index in [4.69, 9.17) is 21.9 Å². The lowest BCUT2D eigenvalue weighted by molar-refractivity contribution is -0.122. The monoisotopic (exact) mass is 474 g/mol. The second kappa shape index (κ2) is 11.6. The molecule has 0 radical (unpaired) electrons. The van der Waals surface area contributed by atoms with Crippen molar-refractivity contribution in [2.24, 2.45) is 0 Å². The van der Waals surface area contributed by atoms with E-state index in [0.29, 0.717) is 59.0 Å². The number of nitrogens with zero attached hydrogens (tertiary/aromatic N) is 3. The molecule has 1 aliphatic heterocycles. The number of hydrogen-bond donors (Lipinski definition) is 1. The van der Waals surface area contributed by atoms with Gasteiger partial charge in [0.05, 0.1) is 10.5 Å². The molecule has 3 heterocycles. The molecule has 0 aromatic carbocycles. The zero-order valence-electron chi connectivity index (χ0n) is 18.8.